The second-order valence-corrected chi connectivity index (χ2v) is 6.66. The van der Waals surface area contributed by atoms with Crippen molar-refractivity contribution in [1.82, 2.24) is 4.72 Å². The van der Waals surface area contributed by atoms with Crippen LogP contribution in [0.25, 0.3) is 5.57 Å². The average molecular weight is 351 g/mol. The molecule has 0 amide bonds. The smallest absolute Gasteiger partial charge is 0.418 e. The van der Waals surface area contributed by atoms with Crippen LogP contribution in [0.2, 0.25) is 0 Å². The number of carbonyl (C=O) groups excluding carboxylic acids is 1. The third kappa shape index (κ3) is 4.55. The van der Waals surface area contributed by atoms with Crippen molar-refractivity contribution in [2.75, 3.05) is 13.4 Å². The molecule has 1 aromatic carbocycles. The van der Waals surface area contributed by atoms with E-state index in [2.05, 4.69) is 11.3 Å². The fourth-order valence-corrected chi connectivity index (χ4v) is 2.91. The summed E-state index contributed by atoms with van der Waals surface area (Å²) in [5.74, 6) is -1.76. The van der Waals surface area contributed by atoms with E-state index in [0.29, 0.717) is 11.8 Å². The monoisotopic (exact) mass is 351 g/mol. The predicted molar refractivity (Wildman–Crippen MR) is 78.9 cm³/mol. The highest BCUT2D eigenvalue weighted by Gasteiger charge is 2.63. The Morgan fingerprint density at radius 1 is 1.26 bits per heavy atom. The van der Waals surface area contributed by atoms with Gasteiger partial charge in [-0.1, -0.05) is 36.9 Å². The first kappa shape index (κ1) is 19.2. The average Bonchev–Trinajstić information content (AvgIpc) is 2.43. The van der Waals surface area contributed by atoms with E-state index in [9.17, 15) is 26.4 Å². The van der Waals surface area contributed by atoms with Gasteiger partial charge in [-0.2, -0.15) is 17.9 Å². The molecule has 0 spiro atoms. The van der Waals surface area contributed by atoms with Crippen LogP contribution in [-0.4, -0.2) is 39.5 Å². The maximum Gasteiger partial charge on any atom is 0.418 e. The van der Waals surface area contributed by atoms with Crippen molar-refractivity contribution in [2.24, 2.45) is 0 Å². The molecule has 1 unspecified atom stereocenters. The standard InChI is InChI=1S/C14H16F3NO4S/c1-10(11-7-5-4-6-8-11)9-13(12(19)22-2,14(15,16)17)18-23(3,20)21/h4-8,18H,1,9H2,2-3H3. The Balaban J connectivity index is 3.38. The van der Waals surface area contributed by atoms with E-state index < -0.39 is 34.1 Å². The van der Waals surface area contributed by atoms with Crippen LogP contribution in [-0.2, 0) is 19.6 Å². The van der Waals surface area contributed by atoms with Gasteiger partial charge in [0.1, 0.15) is 0 Å². The lowest BCUT2D eigenvalue weighted by molar-refractivity contribution is -0.206. The first-order valence-corrected chi connectivity index (χ1v) is 8.19. The van der Waals surface area contributed by atoms with Gasteiger partial charge in [0.2, 0.25) is 15.6 Å². The normalized spacial score (nSPS) is 14.8. The Hall–Kier alpha value is -1.87. The number of rotatable bonds is 6. The number of ether oxygens (including phenoxy) is 1. The highest BCUT2D eigenvalue weighted by molar-refractivity contribution is 7.88. The number of carbonyl (C=O) groups is 1. The van der Waals surface area contributed by atoms with E-state index in [4.69, 9.17) is 0 Å². The maximum absolute atomic E-state index is 13.6. The van der Waals surface area contributed by atoms with E-state index >= 15 is 0 Å². The highest BCUT2D eigenvalue weighted by atomic mass is 32.2. The lowest BCUT2D eigenvalue weighted by Gasteiger charge is -2.33. The molecule has 23 heavy (non-hydrogen) atoms. The van der Waals surface area contributed by atoms with Crippen molar-refractivity contribution < 1.29 is 31.1 Å². The summed E-state index contributed by atoms with van der Waals surface area (Å²) in [7, 11) is -3.61. The zero-order valence-electron chi connectivity index (χ0n) is 12.5. The third-order valence-corrected chi connectivity index (χ3v) is 3.76. The largest absolute Gasteiger partial charge is 0.467 e. The van der Waals surface area contributed by atoms with Crippen LogP contribution in [0, 0.1) is 0 Å². The van der Waals surface area contributed by atoms with Crippen molar-refractivity contribution in [3.05, 3.63) is 42.5 Å². The van der Waals surface area contributed by atoms with Crippen molar-refractivity contribution in [3.8, 4) is 0 Å². The summed E-state index contributed by atoms with van der Waals surface area (Å²) in [5.41, 5.74) is -3.16. The lowest BCUT2D eigenvalue weighted by atomic mass is 9.88. The third-order valence-electron chi connectivity index (χ3n) is 3.04. The van der Waals surface area contributed by atoms with Gasteiger partial charge in [0.05, 0.1) is 13.4 Å². The fraction of sp³-hybridized carbons (Fsp3) is 0.357. The SMILES string of the molecule is C=C(CC(NS(C)(=O)=O)(C(=O)OC)C(F)(F)F)c1ccccc1. The van der Waals surface area contributed by atoms with Gasteiger partial charge < -0.3 is 4.74 Å². The van der Waals surface area contributed by atoms with Crippen molar-refractivity contribution in [3.63, 3.8) is 0 Å². The number of sulfonamides is 1. The first-order chi connectivity index (χ1) is 10.4. The van der Waals surface area contributed by atoms with E-state index in [1.54, 1.807) is 18.2 Å². The second kappa shape index (κ2) is 6.71. The molecule has 1 atom stereocenters. The van der Waals surface area contributed by atoms with E-state index in [0.717, 1.165) is 7.11 Å². The van der Waals surface area contributed by atoms with Crippen molar-refractivity contribution in [1.29, 1.82) is 0 Å². The van der Waals surface area contributed by atoms with Crippen LogP contribution in [0.4, 0.5) is 13.2 Å². The minimum absolute atomic E-state index is 0.0653. The van der Waals surface area contributed by atoms with Gasteiger partial charge in [-0.05, 0) is 11.1 Å². The van der Waals surface area contributed by atoms with Gasteiger partial charge in [0.15, 0.2) is 0 Å². The quantitative estimate of drug-likeness (QED) is 0.797. The number of nitrogens with one attached hydrogen (secondary N) is 1. The molecule has 128 valence electrons. The van der Waals surface area contributed by atoms with Crippen LogP contribution < -0.4 is 4.72 Å². The molecule has 0 aliphatic rings. The molecule has 0 radical (unpaired) electrons. The Labute approximate surface area is 132 Å². The molecular weight excluding hydrogens is 335 g/mol. The van der Waals surface area contributed by atoms with Crippen LogP contribution in [0.15, 0.2) is 36.9 Å². The second-order valence-electron chi connectivity index (χ2n) is 4.92. The summed E-state index contributed by atoms with van der Waals surface area (Å²) in [6.07, 6.45) is -5.71. The number of hydrogen-bond donors (Lipinski definition) is 1. The van der Waals surface area contributed by atoms with E-state index in [-0.39, 0.29) is 5.57 Å². The Morgan fingerprint density at radius 2 is 1.78 bits per heavy atom. The molecule has 1 N–H and O–H groups in total. The lowest BCUT2D eigenvalue weighted by Crippen LogP contribution is -2.64. The van der Waals surface area contributed by atoms with Crippen molar-refractivity contribution in [2.45, 2.75) is 18.1 Å². The summed E-state index contributed by atoms with van der Waals surface area (Å²) in [6, 6.07) is 7.82. The molecule has 0 saturated carbocycles. The van der Waals surface area contributed by atoms with E-state index in [1.165, 1.54) is 16.9 Å². The van der Waals surface area contributed by atoms with Crippen LogP contribution in [0.5, 0.6) is 0 Å². The summed E-state index contributed by atoms with van der Waals surface area (Å²) < 4.78 is 69.0. The number of methoxy groups -OCH3 is 1. The maximum atomic E-state index is 13.6. The Bertz CT molecular complexity index is 686. The van der Waals surface area contributed by atoms with Gasteiger partial charge in [-0.25, -0.2) is 13.2 Å². The topological polar surface area (TPSA) is 72.5 Å². The zero-order valence-corrected chi connectivity index (χ0v) is 13.3. The molecule has 9 heteroatoms. The minimum atomic E-state index is -5.22. The Morgan fingerprint density at radius 3 is 2.17 bits per heavy atom. The molecule has 0 bridgehead atoms. The molecule has 0 heterocycles. The zero-order chi connectivity index (χ0) is 17.9. The number of alkyl halides is 3. The summed E-state index contributed by atoms with van der Waals surface area (Å²) in [5, 5.41) is 0. The molecule has 5 nitrogen and oxygen atoms in total. The minimum Gasteiger partial charge on any atom is -0.467 e. The van der Waals surface area contributed by atoms with Gasteiger partial charge in [0.25, 0.3) is 0 Å². The summed E-state index contributed by atoms with van der Waals surface area (Å²) in [4.78, 5) is 11.8. The fourth-order valence-electron chi connectivity index (χ4n) is 2.01. The van der Waals surface area contributed by atoms with Crippen LogP contribution >= 0.6 is 0 Å². The van der Waals surface area contributed by atoms with Crippen LogP contribution in [0.3, 0.4) is 0 Å². The molecule has 0 aliphatic carbocycles. The highest BCUT2D eigenvalue weighted by Crippen LogP contribution is 2.39. The summed E-state index contributed by atoms with van der Waals surface area (Å²) >= 11 is 0. The molecule has 0 aliphatic heterocycles. The molecule has 0 saturated heterocycles. The predicted octanol–water partition coefficient (Wildman–Crippen LogP) is 2.11. The molecule has 0 aromatic heterocycles. The van der Waals surface area contributed by atoms with Gasteiger partial charge in [-0.15, -0.1) is 0 Å². The van der Waals surface area contributed by atoms with Gasteiger partial charge in [-0.3, -0.25) is 0 Å². The number of hydrogen-bond acceptors (Lipinski definition) is 4. The molecule has 0 fully saturated rings. The number of esters is 1. The first-order valence-electron chi connectivity index (χ1n) is 6.30. The van der Waals surface area contributed by atoms with E-state index in [1.807, 2.05) is 0 Å². The summed E-state index contributed by atoms with van der Waals surface area (Å²) in [6.45, 7) is 3.53. The van der Waals surface area contributed by atoms with Crippen molar-refractivity contribution >= 4 is 21.6 Å². The number of halogens is 3. The van der Waals surface area contributed by atoms with Gasteiger partial charge >= 0.3 is 12.1 Å². The molecule has 1 aromatic rings. The molecule has 1 rings (SSSR count). The van der Waals surface area contributed by atoms with Gasteiger partial charge in [0, 0.05) is 6.42 Å². The number of benzene rings is 1. The Kier molecular flexibility index (Phi) is 5.60. The van der Waals surface area contributed by atoms with Crippen LogP contribution in [0.1, 0.15) is 12.0 Å². The molecular formula is C14H16F3NO4S.